The number of benzene rings is 2. The van der Waals surface area contributed by atoms with E-state index in [0.717, 1.165) is 41.5 Å². The normalized spacial score (nSPS) is 13.5. The highest BCUT2D eigenvalue weighted by Gasteiger charge is 2.07. The molecule has 0 spiro atoms. The maximum absolute atomic E-state index is 12.0. The van der Waals surface area contributed by atoms with E-state index in [0.29, 0.717) is 0 Å². The molecule has 1 aliphatic heterocycles. The van der Waals surface area contributed by atoms with Gasteiger partial charge in [0.1, 0.15) is 11.6 Å². The zero-order valence-electron chi connectivity index (χ0n) is 13.5. The van der Waals surface area contributed by atoms with Crippen LogP contribution < -0.4 is 15.4 Å². The Hall–Kier alpha value is -3.08. The number of anilines is 1. The summed E-state index contributed by atoms with van der Waals surface area (Å²) in [6.45, 7) is 1.69. The Morgan fingerprint density at radius 1 is 1.17 bits per heavy atom. The molecule has 0 atom stereocenters. The van der Waals surface area contributed by atoms with E-state index in [1.54, 1.807) is 13.2 Å². The van der Waals surface area contributed by atoms with Gasteiger partial charge in [-0.15, -0.1) is 0 Å². The largest absolute Gasteiger partial charge is 0.497 e. The highest BCUT2D eigenvalue weighted by molar-refractivity contribution is 6.03. The quantitative estimate of drug-likeness (QED) is 0.832. The monoisotopic (exact) mass is 321 g/mol. The Morgan fingerprint density at radius 2 is 1.92 bits per heavy atom. The minimum atomic E-state index is -0.171. The number of rotatable bonds is 5. The number of amidine groups is 1. The molecule has 0 fully saturated rings. The van der Waals surface area contributed by atoms with Crippen LogP contribution >= 0.6 is 0 Å². The summed E-state index contributed by atoms with van der Waals surface area (Å²) >= 11 is 0. The molecule has 0 saturated carbocycles. The number of methoxy groups -OCH3 is 1. The molecule has 2 aromatic rings. The summed E-state index contributed by atoms with van der Waals surface area (Å²) < 4.78 is 5.10. The highest BCUT2D eigenvalue weighted by atomic mass is 16.5. The van der Waals surface area contributed by atoms with Crippen molar-refractivity contribution in [2.75, 3.05) is 25.5 Å². The Kier molecular flexibility index (Phi) is 4.91. The van der Waals surface area contributed by atoms with Gasteiger partial charge in [-0.05, 0) is 48.0 Å². The standard InChI is InChI=1S/C19H19N3O2/c1-24-17-9-2-14(3-10-17)4-11-18(23)22-16-7-5-15(6-8-16)19-20-12-13-21-19/h2-11H,12-13H2,1H3,(H,20,21)(H,22,23)/b11-4+. The molecular formula is C19H19N3O2. The van der Waals surface area contributed by atoms with E-state index >= 15 is 0 Å². The Morgan fingerprint density at radius 3 is 2.54 bits per heavy atom. The summed E-state index contributed by atoms with van der Waals surface area (Å²) in [5.41, 5.74) is 2.72. The predicted molar refractivity (Wildman–Crippen MR) is 96.5 cm³/mol. The molecule has 5 nitrogen and oxygen atoms in total. The van der Waals surface area contributed by atoms with E-state index in [4.69, 9.17) is 4.74 Å². The summed E-state index contributed by atoms with van der Waals surface area (Å²) in [5, 5.41) is 6.06. The van der Waals surface area contributed by atoms with E-state index in [9.17, 15) is 4.79 Å². The molecule has 24 heavy (non-hydrogen) atoms. The third-order valence-electron chi connectivity index (χ3n) is 3.64. The molecule has 2 aromatic carbocycles. The average molecular weight is 321 g/mol. The number of nitrogens with one attached hydrogen (secondary N) is 2. The van der Waals surface area contributed by atoms with E-state index in [1.807, 2.05) is 48.5 Å². The lowest BCUT2D eigenvalue weighted by Gasteiger charge is -2.05. The fraction of sp³-hybridized carbons (Fsp3) is 0.158. The zero-order chi connectivity index (χ0) is 16.8. The number of hydrogen-bond acceptors (Lipinski definition) is 4. The third kappa shape index (κ3) is 4.01. The molecule has 2 N–H and O–H groups in total. The Bertz CT molecular complexity index is 762. The Labute approximate surface area is 141 Å². The molecular weight excluding hydrogens is 302 g/mol. The maximum Gasteiger partial charge on any atom is 0.248 e. The van der Waals surface area contributed by atoms with Crippen molar-refractivity contribution in [3.8, 4) is 5.75 Å². The zero-order valence-corrected chi connectivity index (χ0v) is 13.5. The van der Waals surface area contributed by atoms with Crippen LogP contribution in [-0.4, -0.2) is 31.9 Å². The number of ether oxygens (including phenoxy) is 1. The maximum atomic E-state index is 12.0. The van der Waals surface area contributed by atoms with Gasteiger partial charge in [0, 0.05) is 23.9 Å². The molecule has 0 unspecified atom stereocenters. The number of amides is 1. The highest BCUT2D eigenvalue weighted by Crippen LogP contribution is 2.13. The van der Waals surface area contributed by atoms with E-state index in [2.05, 4.69) is 15.6 Å². The van der Waals surface area contributed by atoms with Crippen LogP contribution in [0.4, 0.5) is 5.69 Å². The van der Waals surface area contributed by atoms with Gasteiger partial charge in [-0.3, -0.25) is 9.79 Å². The Balaban J connectivity index is 1.58. The second-order valence-corrected chi connectivity index (χ2v) is 5.33. The van der Waals surface area contributed by atoms with Crippen LogP contribution in [0.25, 0.3) is 6.08 Å². The molecule has 122 valence electrons. The van der Waals surface area contributed by atoms with Gasteiger partial charge in [-0.1, -0.05) is 12.1 Å². The van der Waals surface area contributed by atoms with Crippen LogP contribution in [0.15, 0.2) is 59.6 Å². The van der Waals surface area contributed by atoms with Crippen molar-refractivity contribution in [2.45, 2.75) is 0 Å². The number of hydrogen-bond donors (Lipinski definition) is 2. The third-order valence-corrected chi connectivity index (χ3v) is 3.64. The minimum Gasteiger partial charge on any atom is -0.497 e. The van der Waals surface area contributed by atoms with Crippen molar-refractivity contribution in [3.05, 3.63) is 65.7 Å². The molecule has 1 heterocycles. The van der Waals surface area contributed by atoms with Crippen LogP contribution in [0.2, 0.25) is 0 Å². The van der Waals surface area contributed by atoms with Gasteiger partial charge in [0.25, 0.3) is 0 Å². The van der Waals surface area contributed by atoms with Gasteiger partial charge < -0.3 is 15.4 Å². The fourth-order valence-electron chi connectivity index (χ4n) is 2.37. The van der Waals surface area contributed by atoms with Gasteiger partial charge in [-0.2, -0.15) is 0 Å². The predicted octanol–water partition coefficient (Wildman–Crippen LogP) is 2.70. The van der Waals surface area contributed by atoms with Crippen molar-refractivity contribution in [2.24, 2.45) is 4.99 Å². The lowest BCUT2D eigenvalue weighted by atomic mass is 10.2. The molecule has 1 aliphatic rings. The van der Waals surface area contributed by atoms with Crippen LogP contribution in [-0.2, 0) is 4.79 Å². The van der Waals surface area contributed by atoms with E-state index in [-0.39, 0.29) is 5.91 Å². The lowest BCUT2D eigenvalue weighted by molar-refractivity contribution is -0.111. The SMILES string of the molecule is COc1ccc(/C=C/C(=O)Nc2ccc(C3=NCCN3)cc2)cc1. The first kappa shape index (κ1) is 15.8. The van der Waals surface area contributed by atoms with Crippen molar-refractivity contribution in [1.29, 1.82) is 0 Å². The number of nitrogens with zero attached hydrogens (tertiary/aromatic N) is 1. The smallest absolute Gasteiger partial charge is 0.248 e. The fourth-order valence-corrected chi connectivity index (χ4v) is 2.37. The molecule has 1 amide bonds. The number of aliphatic imine (C=N–C) groups is 1. The summed E-state index contributed by atoms with van der Waals surface area (Å²) in [6.07, 6.45) is 3.28. The summed E-state index contributed by atoms with van der Waals surface area (Å²) in [7, 11) is 1.62. The molecule has 0 bridgehead atoms. The number of carbonyl (C=O) groups is 1. The molecule has 0 saturated heterocycles. The van der Waals surface area contributed by atoms with Crippen molar-refractivity contribution in [1.82, 2.24) is 5.32 Å². The second kappa shape index (κ2) is 7.46. The van der Waals surface area contributed by atoms with Crippen LogP contribution in [0.5, 0.6) is 5.75 Å². The molecule has 0 radical (unpaired) electrons. The molecule has 3 rings (SSSR count). The van der Waals surface area contributed by atoms with Crippen molar-refractivity contribution in [3.63, 3.8) is 0 Å². The topological polar surface area (TPSA) is 62.7 Å². The lowest BCUT2D eigenvalue weighted by Crippen LogP contribution is -2.19. The van der Waals surface area contributed by atoms with Crippen molar-refractivity contribution >= 4 is 23.5 Å². The minimum absolute atomic E-state index is 0.171. The van der Waals surface area contributed by atoms with Crippen LogP contribution in [0, 0.1) is 0 Å². The second-order valence-electron chi connectivity index (χ2n) is 5.33. The summed E-state index contributed by atoms with van der Waals surface area (Å²) in [5.74, 6) is 1.53. The van der Waals surface area contributed by atoms with Gasteiger partial charge in [0.05, 0.1) is 13.7 Å². The molecule has 5 heteroatoms. The average Bonchev–Trinajstić information content (AvgIpc) is 3.16. The number of carbonyl (C=O) groups excluding carboxylic acids is 1. The first-order valence-electron chi connectivity index (χ1n) is 7.76. The summed E-state index contributed by atoms with van der Waals surface area (Å²) in [4.78, 5) is 16.4. The van der Waals surface area contributed by atoms with Crippen molar-refractivity contribution < 1.29 is 9.53 Å². The van der Waals surface area contributed by atoms with Gasteiger partial charge >= 0.3 is 0 Å². The van der Waals surface area contributed by atoms with E-state index < -0.39 is 0 Å². The summed E-state index contributed by atoms with van der Waals surface area (Å²) in [6, 6.07) is 15.1. The van der Waals surface area contributed by atoms with Gasteiger partial charge in [0.15, 0.2) is 0 Å². The van der Waals surface area contributed by atoms with Crippen LogP contribution in [0.3, 0.4) is 0 Å². The van der Waals surface area contributed by atoms with E-state index in [1.165, 1.54) is 6.08 Å². The first-order chi connectivity index (χ1) is 11.7. The van der Waals surface area contributed by atoms with Crippen LogP contribution in [0.1, 0.15) is 11.1 Å². The molecule has 0 aliphatic carbocycles. The van der Waals surface area contributed by atoms with Gasteiger partial charge in [0.2, 0.25) is 5.91 Å². The molecule has 0 aromatic heterocycles. The first-order valence-corrected chi connectivity index (χ1v) is 7.76. The van der Waals surface area contributed by atoms with Gasteiger partial charge in [-0.25, -0.2) is 0 Å².